The van der Waals surface area contributed by atoms with Gasteiger partial charge in [0.1, 0.15) is 17.7 Å². The van der Waals surface area contributed by atoms with E-state index in [1.807, 2.05) is 0 Å². The molecule has 0 spiro atoms. The fourth-order valence-electron chi connectivity index (χ4n) is 2.36. The molecule has 0 aliphatic heterocycles. The molecule has 0 aliphatic carbocycles. The van der Waals surface area contributed by atoms with Gasteiger partial charge in [0.15, 0.2) is 0 Å². The summed E-state index contributed by atoms with van der Waals surface area (Å²) in [6.45, 7) is -0.329. The number of amides is 1. The second-order valence-corrected chi connectivity index (χ2v) is 5.26. The van der Waals surface area contributed by atoms with Crippen molar-refractivity contribution in [2.45, 2.75) is 6.10 Å². The molecule has 3 rings (SSSR count). The molecule has 6 nitrogen and oxygen atoms in total. The maximum Gasteiger partial charge on any atom is 0.251 e. The van der Waals surface area contributed by atoms with Gasteiger partial charge in [-0.1, -0.05) is 17.3 Å². The smallest absolute Gasteiger partial charge is 0.251 e. The van der Waals surface area contributed by atoms with Crippen molar-refractivity contribution in [3.63, 3.8) is 0 Å². The van der Waals surface area contributed by atoms with Gasteiger partial charge in [0.2, 0.25) is 0 Å². The van der Waals surface area contributed by atoms with Gasteiger partial charge in [-0.2, -0.15) is 0 Å². The molecule has 2 N–H and O–H groups in total. The van der Waals surface area contributed by atoms with Crippen LogP contribution in [0.1, 0.15) is 22.0 Å². The number of benzene rings is 2. The Morgan fingerprint density at radius 2 is 1.92 bits per heavy atom. The summed E-state index contributed by atoms with van der Waals surface area (Å²) >= 11 is 0. The number of rotatable bonds is 5. The van der Waals surface area contributed by atoms with Crippen LogP contribution in [0.25, 0.3) is 5.69 Å². The van der Waals surface area contributed by atoms with Gasteiger partial charge in [0, 0.05) is 12.1 Å². The van der Waals surface area contributed by atoms with E-state index in [0.29, 0.717) is 11.3 Å². The molecule has 0 aliphatic rings. The molecule has 0 saturated heterocycles. The second kappa shape index (κ2) is 7.18. The fraction of sp³-hybridized carbons (Fsp3) is 0.118. The van der Waals surface area contributed by atoms with Crippen LogP contribution in [-0.4, -0.2) is 32.6 Å². The first kappa shape index (κ1) is 16.7. The SMILES string of the molecule is O=C(NCC(O)c1c(F)cccc1F)c1cccc(-n2ccnn2)c1. The third-order valence-corrected chi connectivity index (χ3v) is 3.58. The molecule has 1 unspecified atom stereocenters. The minimum absolute atomic E-state index is 0.314. The Morgan fingerprint density at radius 3 is 2.60 bits per heavy atom. The summed E-state index contributed by atoms with van der Waals surface area (Å²) in [5, 5.41) is 19.9. The third-order valence-electron chi connectivity index (χ3n) is 3.58. The van der Waals surface area contributed by atoms with Crippen molar-refractivity contribution < 1.29 is 18.7 Å². The first-order valence-electron chi connectivity index (χ1n) is 7.43. The number of halogens is 2. The lowest BCUT2D eigenvalue weighted by atomic mass is 10.1. The van der Waals surface area contributed by atoms with Gasteiger partial charge >= 0.3 is 0 Å². The van der Waals surface area contributed by atoms with Gasteiger partial charge in [-0.25, -0.2) is 13.5 Å². The van der Waals surface area contributed by atoms with Crippen LogP contribution in [0, 0.1) is 11.6 Å². The Bertz CT molecular complexity index is 864. The first-order chi connectivity index (χ1) is 12.1. The molecule has 2 aromatic carbocycles. The summed E-state index contributed by atoms with van der Waals surface area (Å²) in [6.07, 6.45) is 1.64. The Labute approximate surface area is 141 Å². The van der Waals surface area contributed by atoms with Crippen LogP contribution in [0.3, 0.4) is 0 Å². The minimum Gasteiger partial charge on any atom is -0.386 e. The summed E-state index contributed by atoms with van der Waals surface area (Å²) in [4.78, 5) is 12.2. The molecule has 128 valence electrons. The maximum absolute atomic E-state index is 13.6. The monoisotopic (exact) mass is 344 g/mol. The molecule has 0 bridgehead atoms. The van der Waals surface area contributed by atoms with Crippen molar-refractivity contribution in [3.8, 4) is 5.69 Å². The molecular weight excluding hydrogens is 330 g/mol. The highest BCUT2D eigenvalue weighted by atomic mass is 19.1. The highest BCUT2D eigenvalue weighted by Crippen LogP contribution is 2.20. The van der Waals surface area contributed by atoms with Gasteiger partial charge in [0.25, 0.3) is 5.91 Å². The third kappa shape index (κ3) is 3.69. The zero-order valence-corrected chi connectivity index (χ0v) is 12.9. The summed E-state index contributed by atoms with van der Waals surface area (Å²) in [7, 11) is 0. The zero-order valence-electron chi connectivity index (χ0n) is 12.9. The Hall–Kier alpha value is -3.13. The van der Waals surface area contributed by atoms with E-state index in [1.54, 1.807) is 30.5 Å². The average Bonchev–Trinajstić information content (AvgIpc) is 3.14. The Kier molecular flexibility index (Phi) is 4.80. The predicted molar refractivity (Wildman–Crippen MR) is 85.0 cm³/mol. The minimum atomic E-state index is -1.50. The first-order valence-corrected chi connectivity index (χ1v) is 7.43. The lowest BCUT2D eigenvalue weighted by molar-refractivity contribution is 0.0911. The van der Waals surface area contributed by atoms with Crippen molar-refractivity contribution in [2.24, 2.45) is 0 Å². The van der Waals surface area contributed by atoms with E-state index < -0.39 is 29.2 Å². The molecule has 1 atom stereocenters. The van der Waals surface area contributed by atoms with Gasteiger partial charge < -0.3 is 10.4 Å². The van der Waals surface area contributed by atoms with Gasteiger partial charge in [0.05, 0.1) is 23.6 Å². The molecule has 25 heavy (non-hydrogen) atoms. The van der Waals surface area contributed by atoms with Crippen LogP contribution in [0.15, 0.2) is 54.9 Å². The molecule has 8 heteroatoms. The number of aliphatic hydroxyl groups excluding tert-OH is 1. The molecule has 0 fully saturated rings. The van der Waals surface area contributed by atoms with E-state index in [0.717, 1.165) is 12.1 Å². The number of carbonyl (C=O) groups is 1. The standard InChI is InChI=1S/C17H14F2N4O2/c18-13-5-2-6-14(19)16(13)15(24)10-20-17(25)11-3-1-4-12(9-11)23-8-7-21-22-23/h1-9,15,24H,10H2,(H,20,25). The van der Waals surface area contributed by atoms with E-state index in [-0.39, 0.29) is 6.54 Å². The van der Waals surface area contributed by atoms with Crippen LogP contribution in [-0.2, 0) is 0 Å². The van der Waals surface area contributed by atoms with Crippen LogP contribution < -0.4 is 5.32 Å². The molecule has 3 aromatic rings. The normalized spacial score (nSPS) is 12.0. The van der Waals surface area contributed by atoms with Crippen molar-refractivity contribution in [2.75, 3.05) is 6.54 Å². The number of aromatic nitrogens is 3. The van der Waals surface area contributed by atoms with Crippen LogP contribution in [0.2, 0.25) is 0 Å². The Balaban J connectivity index is 1.70. The van der Waals surface area contributed by atoms with Gasteiger partial charge in [-0.05, 0) is 30.3 Å². The van der Waals surface area contributed by atoms with Crippen molar-refractivity contribution in [3.05, 3.63) is 77.6 Å². The number of nitrogens with zero attached hydrogens (tertiary/aromatic N) is 3. The van der Waals surface area contributed by atoms with E-state index in [4.69, 9.17) is 0 Å². The molecule has 1 amide bonds. The van der Waals surface area contributed by atoms with Crippen molar-refractivity contribution in [1.82, 2.24) is 20.3 Å². The summed E-state index contributed by atoms with van der Waals surface area (Å²) in [5.41, 5.74) is 0.471. The van der Waals surface area contributed by atoms with Crippen LogP contribution in [0.4, 0.5) is 8.78 Å². The van der Waals surface area contributed by atoms with Crippen LogP contribution >= 0.6 is 0 Å². The quantitative estimate of drug-likeness (QED) is 0.742. The molecule has 0 radical (unpaired) electrons. The molecule has 1 heterocycles. The van der Waals surface area contributed by atoms with Crippen molar-refractivity contribution in [1.29, 1.82) is 0 Å². The number of hydrogen-bond donors (Lipinski definition) is 2. The van der Waals surface area contributed by atoms with Gasteiger partial charge in [-0.15, -0.1) is 5.10 Å². The molecule has 0 saturated carbocycles. The number of aliphatic hydroxyl groups is 1. The largest absolute Gasteiger partial charge is 0.386 e. The highest BCUT2D eigenvalue weighted by Gasteiger charge is 2.18. The fourth-order valence-corrected chi connectivity index (χ4v) is 2.36. The van der Waals surface area contributed by atoms with Crippen LogP contribution in [0.5, 0.6) is 0 Å². The van der Waals surface area contributed by atoms with Gasteiger partial charge in [-0.3, -0.25) is 4.79 Å². The molecule has 1 aromatic heterocycles. The topological polar surface area (TPSA) is 80.0 Å². The highest BCUT2D eigenvalue weighted by molar-refractivity contribution is 5.94. The number of carbonyl (C=O) groups excluding carboxylic acids is 1. The van der Waals surface area contributed by atoms with E-state index in [2.05, 4.69) is 15.6 Å². The molecular formula is C17H14F2N4O2. The lowest BCUT2D eigenvalue weighted by Gasteiger charge is -2.14. The summed E-state index contributed by atoms with van der Waals surface area (Å²) in [5.74, 6) is -2.22. The summed E-state index contributed by atoms with van der Waals surface area (Å²) < 4.78 is 28.7. The lowest BCUT2D eigenvalue weighted by Crippen LogP contribution is -2.29. The second-order valence-electron chi connectivity index (χ2n) is 5.26. The zero-order chi connectivity index (χ0) is 17.8. The predicted octanol–water partition coefficient (Wildman–Crippen LogP) is 2.01. The Morgan fingerprint density at radius 1 is 1.20 bits per heavy atom. The number of nitrogens with one attached hydrogen (secondary N) is 1. The van der Waals surface area contributed by atoms with Crippen molar-refractivity contribution >= 4 is 5.91 Å². The van der Waals surface area contributed by atoms with E-state index in [9.17, 15) is 18.7 Å². The van der Waals surface area contributed by atoms with E-state index in [1.165, 1.54) is 16.9 Å². The average molecular weight is 344 g/mol. The maximum atomic E-state index is 13.6. The summed E-state index contributed by atoms with van der Waals surface area (Å²) in [6, 6.07) is 9.87. The van der Waals surface area contributed by atoms with E-state index >= 15 is 0 Å². The number of hydrogen-bond acceptors (Lipinski definition) is 4.